The Morgan fingerprint density at radius 2 is 2.16 bits per heavy atom. The Kier molecular flexibility index (Phi) is 4.31. The Balaban J connectivity index is 1.79. The number of esters is 1. The van der Waals surface area contributed by atoms with Crippen molar-refractivity contribution in [2.24, 2.45) is 0 Å². The van der Waals surface area contributed by atoms with Crippen molar-refractivity contribution in [3.05, 3.63) is 35.6 Å². The normalized spacial score (nSPS) is 21.9. The van der Waals surface area contributed by atoms with Crippen LogP contribution in [0.4, 0.5) is 4.39 Å². The van der Waals surface area contributed by atoms with Crippen LogP contribution in [-0.2, 0) is 16.1 Å². The minimum atomic E-state index is -0.386. The maximum atomic E-state index is 12.7. The highest BCUT2D eigenvalue weighted by atomic mass is 32.1. The summed E-state index contributed by atoms with van der Waals surface area (Å²) in [4.78, 5) is 11.4. The molecule has 1 aliphatic heterocycles. The van der Waals surface area contributed by atoms with E-state index in [0.717, 1.165) is 5.56 Å². The van der Waals surface area contributed by atoms with Crippen LogP contribution in [0.1, 0.15) is 18.9 Å². The van der Waals surface area contributed by atoms with Gasteiger partial charge in [-0.05, 0) is 36.8 Å². The molecular formula is C13H15FN2O2S. The number of benzene rings is 1. The molecule has 2 rings (SSSR count). The van der Waals surface area contributed by atoms with E-state index < -0.39 is 0 Å². The standard InChI is InChI=1S/C13H15FN2O2S/c1-8-6-11(12(17)18-8)16-13(19)15-7-9-2-4-10(14)5-3-9/h2-5,8,11H,6-7H2,1H3,(H2,15,16,19)/t8-,11+/m1/s1. The molecule has 0 saturated carbocycles. The van der Waals surface area contributed by atoms with E-state index in [-0.39, 0.29) is 23.9 Å². The van der Waals surface area contributed by atoms with Crippen molar-refractivity contribution in [1.82, 2.24) is 10.6 Å². The van der Waals surface area contributed by atoms with Gasteiger partial charge in [0.1, 0.15) is 18.0 Å². The van der Waals surface area contributed by atoms with E-state index in [9.17, 15) is 9.18 Å². The average molecular weight is 282 g/mol. The SMILES string of the molecule is C[C@@H]1C[C@H](NC(=S)NCc2ccc(F)cc2)C(=O)O1. The predicted molar refractivity (Wildman–Crippen MR) is 72.9 cm³/mol. The molecule has 1 aromatic rings. The number of carbonyl (C=O) groups excluding carboxylic acids is 1. The Bertz CT molecular complexity index is 478. The third kappa shape index (κ3) is 3.89. The van der Waals surface area contributed by atoms with Gasteiger partial charge in [0, 0.05) is 13.0 Å². The maximum absolute atomic E-state index is 12.7. The van der Waals surface area contributed by atoms with Gasteiger partial charge in [-0.1, -0.05) is 12.1 Å². The number of hydrogen-bond acceptors (Lipinski definition) is 3. The van der Waals surface area contributed by atoms with Crippen molar-refractivity contribution in [3.8, 4) is 0 Å². The van der Waals surface area contributed by atoms with Crippen LogP contribution in [0.15, 0.2) is 24.3 Å². The summed E-state index contributed by atoms with van der Waals surface area (Å²) < 4.78 is 17.7. The van der Waals surface area contributed by atoms with Gasteiger partial charge in [-0.2, -0.15) is 0 Å². The second-order valence-electron chi connectivity index (χ2n) is 4.49. The van der Waals surface area contributed by atoms with Gasteiger partial charge in [-0.25, -0.2) is 9.18 Å². The molecule has 0 spiro atoms. The number of halogens is 1. The van der Waals surface area contributed by atoms with Crippen LogP contribution >= 0.6 is 12.2 Å². The minimum Gasteiger partial charge on any atom is -0.461 e. The molecule has 1 heterocycles. The monoisotopic (exact) mass is 282 g/mol. The van der Waals surface area contributed by atoms with E-state index in [2.05, 4.69) is 10.6 Å². The number of rotatable bonds is 3. The van der Waals surface area contributed by atoms with Gasteiger partial charge >= 0.3 is 5.97 Å². The highest BCUT2D eigenvalue weighted by Crippen LogP contribution is 2.13. The van der Waals surface area contributed by atoms with Crippen LogP contribution < -0.4 is 10.6 Å². The highest BCUT2D eigenvalue weighted by molar-refractivity contribution is 7.80. The lowest BCUT2D eigenvalue weighted by Crippen LogP contribution is -2.43. The van der Waals surface area contributed by atoms with Crippen molar-refractivity contribution in [2.75, 3.05) is 0 Å². The summed E-state index contributed by atoms with van der Waals surface area (Å²) in [6.45, 7) is 2.32. The van der Waals surface area contributed by atoms with Crippen LogP contribution in [0.5, 0.6) is 0 Å². The van der Waals surface area contributed by atoms with Crippen molar-refractivity contribution < 1.29 is 13.9 Å². The summed E-state index contributed by atoms with van der Waals surface area (Å²) in [5, 5.41) is 6.27. The lowest BCUT2D eigenvalue weighted by molar-refractivity contribution is -0.142. The summed E-state index contributed by atoms with van der Waals surface area (Å²) in [7, 11) is 0. The van der Waals surface area contributed by atoms with Gasteiger partial charge in [0.25, 0.3) is 0 Å². The predicted octanol–water partition coefficient (Wildman–Crippen LogP) is 1.49. The fourth-order valence-electron chi connectivity index (χ4n) is 1.87. The van der Waals surface area contributed by atoms with E-state index in [0.29, 0.717) is 18.1 Å². The molecule has 0 radical (unpaired) electrons. The van der Waals surface area contributed by atoms with Crippen molar-refractivity contribution in [2.45, 2.75) is 32.0 Å². The largest absolute Gasteiger partial charge is 0.461 e. The molecular weight excluding hydrogens is 267 g/mol. The lowest BCUT2D eigenvalue weighted by atomic mass is 10.2. The fourth-order valence-corrected chi connectivity index (χ4v) is 2.08. The van der Waals surface area contributed by atoms with Gasteiger partial charge in [0.15, 0.2) is 5.11 Å². The molecule has 1 aliphatic rings. The Labute approximate surface area is 116 Å². The van der Waals surface area contributed by atoms with Crippen molar-refractivity contribution in [1.29, 1.82) is 0 Å². The summed E-state index contributed by atoms with van der Waals surface area (Å²) >= 11 is 5.10. The first kappa shape index (κ1) is 13.7. The molecule has 19 heavy (non-hydrogen) atoms. The molecule has 0 aliphatic carbocycles. The fraction of sp³-hybridized carbons (Fsp3) is 0.385. The maximum Gasteiger partial charge on any atom is 0.329 e. The Morgan fingerprint density at radius 1 is 1.47 bits per heavy atom. The van der Waals surface area contributed by atoms with E-state index in [1.807, 2.05) is 6.92 Å². The average Bonchev–Trinajstić information content (AvgIpc) is 2.67. The summed E-state index contributed by atoms with van der Waals surface area (Å²) in [5.41, 5.74) is 0.910. The first-order valence-corrected chi connectivity index (χ1v) is 6.44. The number of carbonyl (C=O) groups is 1. The zero-order chi connectivity index (χ0) is 13.8. The Hall–Kier alpha value is -1.69. The zero-order valence-corrected chi connectivity index (χ0v) is 11.3. The Morgan fingerprint density at radius 3 is 2.74 bits per heavy atom. The molecule has 6 heteroatoms. The number of thiocarbonyl (C=S) groups is 1. The molecule has 0 aromatic heterocycles. The van der Waals surface area contributed by atoms with E-state index in [4.69, 9.17) is 17.0 Å². The number of hydrogen-bond donors (Lipinski definition) is 2. The van der Waals surface area contributed by atoms with Crippen molar-refractivity contribution >= 4 is 23.3 Å². The van der Waals surface area contributed by atoms with Crippen LogP contribution in [0.2, 0.25) is 0 Å². The number of cyclic esters (lactones) is 1. The first-order valence-electron chi connectivity index (χ1n) is 6.04. The van der Waals surface area contributed by atoms with Gasteiger partial charge in [-0.15, -0.1) is 0 Å². The molecule has 4 nitrogen and oxygen atoms in total. The van der Waals surface area contributed by atoms with Gasteiger partial charge in [0.2, 0.25) is 0 Å². The third-order valence-corrected chi connectivity index (χ3v) is 3.10. The molecule has 0 unspecified atom stereocenters. The molecule has 1 fully saturated rings. The molecule has 2 atom stereocenters. The van der Waals surface area contributed by atoms with Crippen LogP contribution in [0.25, 0.3) is 0 Å². The van der Waals surface area contributed by atoms with E-state index in [1.54, 1.807) is 12.1 Å². The third-order valence-electron chi connectivity index (χ3n) is 2.84. The molecule has 0 bridgehead atoms. The second kappa shape index (κ2) is 5.97. The van der Waals surface area contributed by atoms with Crippen LogP contribution in [-0.4, -0.2) is 23.2 Å². The van der Waals surface area contributed by atoms with Gasteiger partial charge in [-0.3, -0.25) is 0 Å². The second-order valence-corrected chi connectivity index (χ2v) is 4.90. The van der Waals surface area contributed by atoms with Gasteiger partial charge < -0.3 is 15.4 Å². The van der Waals surface area contributed by atoms with E-state index in [1.165, 1.54) is 12.1 Å². The van der Waals surface area contributed by atoms with Crippen LogP contribution in [0, 0.1) is 5.82 Å². The smallest absolute Gasteiger partial charge is 0.329 e. The van der Waals surface area contributed by atoms with E-state index >= 15 is 0 Å². The number of ether oxygens (including phenoxy) is 1. The van der Waals surface area contributed by atoms with Gasteiger partial charge in [0.05, 0.1) is 0 Å². The molecule has 2 N–H and O–H groups in total. The number of nitrogens with one attached hydrogen (secondary N) is 2. The summed E-state index contributed by atoms with van der Waals surface area (Å²) in [6.07, 6.45) is 0.530. The zero-order valence-electron chi connectivity index (χ0n) is 10.5. The van der Waals surface area contributed by atoms with Crippen molar-refractivity contribution in [3.63, 3.8) is 0 Å². The minimum absolute atomic E-state index is 0.0788. The summed E-state index contributed by atoms with van der Waals surface area (Å²) in [5.74, 6) is -0.550. The topological polar surface area (TPSA) is 50.4 Å². The lowest BCUT2D eigenvalue weighted by Gasteiger charge is -2.13. The first-order chi connectivity index (χ1) is 9.04. The molecule has 1 aromatic carbocycles. The highest BCUT2D eigenvalue weighted by Gasteiger charge is 2.32. The molecule has 102 valence electrons. The summed E-state index contributed by atoms with van der Waals surface area (Å²) in [6, 6.07) is 5.75. The van der Waals surface area contributed by atoms with Crippen LogP contribution in [0.3, 0.4) is 0 Å². The molecule has 1 saturated heterocycles. The molecule has 0 amide bonds. The quantitative estimate of drug-likeness (QED) is 0.650.